The molecular formula is C46H47N4OPt2-. The molecule has 0 aliphatic heterocycles. The summed E-state index contributed by atoms with van der Waals surface area (Å²) in [6, 6.07) is 41.2. The number of aromatic nitrogens is 4. The fourth-order valence-corrected chi connectivity index (χ4v) is 6.69. The van der Waals surface area contributed by atoms with E-state index in [4.69, 9.17) is 14.8 Å². The second kappa shape index (κ2) is 15.1. The summed E-state index contributed by atoms with van der Waals surface area (Å²) in [5.74, 6) is 3.28. The van der Waals surface area contributed by atoms with E-state index in [0.29, 0.717) is 11.5 Å². The van der Waals surface area contributed by atoms with Crippen LogP contribution in [-0.2, 0) is 58.4 Å². The van der Waals surface area contributed by atoms with Gasteiger partial charge in [0.1, 0.15) is 0 Å². The maximum Gasteiger partial charge on any atom is 2.00 e. The zero-order chi connectivity index (χ0) is 36.3. The van der Waals surface area contributed by atoms with E-state index in [1.165, 1.54) is 17.0 Å². The van der Waals surface area contributed by atoms with Crippen LogP contribution >= 0.6 is 0 Å². The Morgan fingerprint density at radius 1 is 0.679 bits per heavy atom. The Labute approximate surface area is 343 Å². The van der Waals surface area contributed by atoms with Crippen molar-refractivity contribution in [2.75, 3.05) is 0 Å². The molecule has 0 fully saturated rings. The summed E-state index contributed by atoms with van der Waals surface area (Å²) in [5, 5.41) is 7.29. The van der Waals surface area contributed by atoms with Crippen molar-refractivity contribution in [1.29, 1.82) is 0 Å². The Kier molecular flexibility index (Phi) is 11.5. The van der Waals surface area contributed by atoms with Gasteiger partial charge in [-0.1, -0.05) is 117 Å². The van der Waals surface area contributed by atoms with Crippen molar-refractivity contribution < 1.29 is 46.9 Å². The topological polar surface area (TPSA) is 44.9 Å². The van der Waals surface area contributed by atoms with Crippen LogP contribution in [0.15, 0.2) is 103 Å². The van der Waals surface area contributed by atoms with E-state index < -0.39 is 0 Å². The zero-order valence-electron chi connectivity index (χ0n) is 32.1. The molecule has 0 aliphatic rings. The molecule has 5 nitrogen and oxygen atoms in total. The molecule has 0 unspecified atom stereocenters. The van der Waals surface area contributed by atoms with E-state index in [-0.39, 0.29) is 58.4 Å². The quantitative estimate of drug-likeness (QED) is 0.149. The maximum absolute atomic E-state index is 6.54. The molecule has 7 rings (SSSR count). The van der Waals surface area contributed by atoms with E-state index in [0.717, 1.165) is 50.3 Å². The zero-order valence-corrected chi connectivity index (χ0v) is 36.7. The van der Waals surface area contributed by atoms with E-state index >= 15 is 0 Å². The third kappa shape index (κ3) is 7.85. The van der Waals surface area contributed by atoms with Gasteiger partial charge in [0.15, 0.2) is 0 Å². The van der Waals surface area contributed by atoms with Crippen LogP contribution in [0.4, 0.5) is 0 Å². The molecule has 278 valence electrons. The van der Waals surface area contributed by atoms with Gasteiger partial charge < -0.3 is 9.30 Å². The van der Waals surface area contributed by atoms with Gasteiger partial charge in [-0.25, -0.2) is 0 Å². The third-order valence-electron chi connectivity index (χ3n) is 9.87. The summed E-state index contributed by atoms with van der Waals surface area (Å²) in [5.41, 5.74) is 8.28. The smallest absolute Gasteiger partial charge is 0.509 e. The largest absolute Gasteiger partial charge is 2.00 e. The van der Waals surface area contributed by atoms with Crippen LogP contribution in [0.25, 0.3) is 33.3 Å². The van der Waals surface area contributed by atoms with Crippen molar-refractivity contribution >= 4 is 21.8 Å². The molecule has 4 aromatic carbocycles. The fourth-order valence-electron chi connectivity index (χ4n) is 6.69. The number of ether oxygens (including phenoxy) is 1. The van der Waals surface area contributed by atoms with Crippen LogP contribution in [0.5, 0.6) is 11.5 Å². The van der Waals surface area contributed by atoms with Crippen LogP contribution in [0.1, 0.15) is 97.3 Å². The van der Waals surface area contributed by atoms with Crippen LogP contribution in [-0.4, -0.2) is 19.3 Å². The number of benzene rings is 4. The molecule has 3 heterocycles. The normalized spacial score (nSPS) is 12.0. The first kappa shape index (κ1) is 40.3. The van der Waals surface area contributed by atoms with Crippen LogP contribution in [0.2, 0.25) is 0 Å². The molecule has 0 aliphatic carbocycles. The van der Waals surface area contributed by atoms with E-state index in [1.54, 1.807) is 0 Å². The van der Waals surface area contributed by atoms with Gasteiger partial charge in [0.25, 0.3) is 0 Å². The standard InChI is InChI=1S/C46H47N4O.2Pt/c1-30(2)31-23-24-47-43(25-31)49-39-22-19-33(46(9,10)32-15-12-11-13-16-32)26-38(39)37-21-20-36(28-40(37)49)51-35-18-14-17-34(27-35)50-42(45(6,7)8)29-41(48-50)44(3,4)5;;/h11-26,29H,1-10H3;;/q-3;;+2. The minimum absolute atomic E-state index is 0. The first-order chi connectivity index (χ1) is 24.1. The molecule has 53 heavy (non-hydrogen) atoms. The van der Waals surface area contributed by atoms with E-state index in [1.807, 2.05) is 35.1 Å². The number of pyridine rings is 1. The summed E-state index contributed by atoms with van der Waals surface area (Å²) in [7, 11) is 0. The third-order valence-corrected chi connectivity index (χ3v) is 9.87. The summed E-state index contributed by atoms with van der Waals surface area (Å²) >= 11 is 0. The van der Waals surface area contributed by atoms with Crippen LogP contribution < -0.4 is 4.74 Å². The Bertz CT molecular complexity index is 2370. The molecule has 0 N–H and O–H groups in total. The average molecular weight is 1060 g/mol. The fraction of sp³-hybridized carbons (Fsp3) is 0.283. The molecule has 3 aromatic heterocycles. The van der Waals surface area contributed by atoms with Crippen molar-refractivity contribution in [3.63, 3.8) is 0 Å². The molecule has 0 radical (unpaired) electrons. The Morgan fingerprint density at radius 3 is 2.08 bits per heavy atom. The summed E-state index contributed by atoms with van der Waals surface area (Å²) in [6.07, 6.45) is 1.88. The van der Waals surface area contributed by atoms with Gasteiger partial charge in [-0.05, 0) is 40.5 Å². The Balaban J connectivity index is 0.00000271. The molecule has 0 spiro atoms. The molecule has 0 saturated carbocycles. The SMILES string of the molecule is C[C-](C)c1ccnc(-n2c3[c-]c(Oc4[c-]c(-n5nc(C(C)(C)C)cc5C(C)(C)C)ccc4)ccc3c3cc(C(C)(C)c4ccccc4)ccc32)c1.[Pt+2].[Pt]. The number of hydrogen-bond acceptors (Lipinski definition) is 3. The Hall–Kier alpha value is -3.91. The van der Waals surface area contributed by atoms with Crippen molar-refractivity contribution in [3.05, 3.63) is 149 Å². The Morgan fingerprint density at radius 2 is 1.40 bits per heavy atom. The van der Waals surface area contributed by atoms with Crippen LogP contribution in [0.3, 0.4) is 0 Å². The molecule has 0 saturated heterocycles. The van der Waals surface area contributed by atoms with E-state index in [9.17, 15) is 0 Å². The van der Waals surface area contributed by atoms with Gasteiger partial charge in [0.2, 0.25) is 0 Å². The second-order valence-electron chi connectivity index (χ2n) is 16.4. The predicted octanol–water partition coefficient (Wildman–Crippen LogP) is 11.6. The molecular weight excluding hydrogens is 1010 g/mol. The van der Waals surface area contributed by atoms with Crippen molar-refractivity contribution in [3.8, 4) is 23.0 Å². The van der Waals surface area contributed by atoms with Gasteiger partial charge >= 0.3 is 21.1 Å². The van der Waals surface area contributed by atoms with Gasteiger partial charge in [0.05, 0.1) is 11.5 Å². The summed E-state index contributed by atoms with van der Waals surface area (Å²) in [4.78, 5) is 4.86. The van der Waals surface area contributed by atoms with Crippen molar-refractivity contribution in [1.82, 2.24) is 19.3 Å². The molecule has 7 aromatic rings. The predicted molar refractivity (Wildman–Crippen MR) is 210 cm³/mol. The minimum atomic E-state index is -0.182. The minimum Gasteiger partial charge on any atom is -0.509 e. The maximum atomic E-state index is 6.54. The number of nitrogens with zero attached hydrogens (tertiary/aromatic N) is 4. The first-order valence-corrected chi connectivity index (χ1v) is 17.8. The molecule has 0 atom stereocenters. The molecule has 7 heteroatoms. The van der Waals surface area contributed by atoms with Gasteiger partial charge in [-0.2, -0.15) is 28.7 Å². The monoisotopic (exact) mass is 1060 g/mol. The summed E-state index contributed by atoms with van der Waals surface area (Å²) < 4.78 is 10.8. The average Bonchev–Trinajstić information content (AvgIpc) is 3.70. The number of hydrogen-bond donors (Lipinski definition) is 0. The number of rotatable bonds is 7. The summed E-state index contributed by atoms with van der Waals surface area (Å²) in [6.45, 7) is 22.1. The van der Waals surface area contributed by atoms with Crippen LogP contribution in [0, 0.1) is 18.1 Å². The first-order valence-electron chi connectivity index (χ1n) is 17.8. The van der Waals surface area contributed by atoms with Crippen molar-refractivity contribution in [2.45, 2.75) is 85.5 Å². The molecule has 0 amide bonds. The van der Waals surface area contributed by atoms with E-state index in [2.05, 4.69) is 159 Å². The second-order valence-corrected chi connectivity index (χ2v) is 16.4. The molecule has 0 bridgehead atoms. The van der Waals surface area contributed by atoms with Crippen molar-refractivity contribution in [2.24, 2.45) is 0 Å². The van der Waals surface area contributed by atoms with Gasteiger partial charge in [0, 0.05) is 60.0 Å². The van der Waals surface area contributed by atoms with Gasteiger partial charge in [-0.3, -0.25) is 9.67 Å². The number of fused-ring (bicyclic) bond motifs is 3. The van der Waals surface area contributed by atoms with Gasteiger partial charge in [-0.15, -0.1) is 47.9 Å².